The molecule has 3 aromatic rings. The van der Waals surface area contributed by atoms with Crippen LogP contribution in [0.5, 0.6) is 0 Å². The Balaban J connectivity index is 1.98. The summed E-state index contributed by atoms with van der Waals surface area (Å²) in [6, 6.07) is 10.4. The molecule has 0 unspecified atom stereocenters. The van der Waals surface area contributed by atoms with Crippen molar-refractivity contribution in [2.24, 2.45) is 5.41 Å². The SMILES string of the molecule is CCn1cc(NC(=O)[C@H]2[C@H](c3cccc(Cl)c3F)[C@@](C#N)(c3ccc(Cl)cc3F)[C@H](CC(C)(C)C)N2C)cc1C(=O)OC. The van der Waals surface area contributed by atoms with E-state index in [-0.39, 0.29) is 32.3 Å². The number of halogens is 4. The van der Waals surface area contributed by atoms with Crippen molar-refractivity contribution in [3.8, 4) is 6.07 Å². The van der Waals surface area contributed by atoms with E-state index in [0.29, 0.717) is 18.7 Å². The van der Waals surface area contributed by atoms with Crippen molar-refractivity contribution >= 4 is 40.8 Å². The molecule has 0 spiro atoms. The normalized spacial score (nSPS) is 22.3. The van der Waals surface area contributed by atoms with E-state index < -0.39 is 46.9 Å². The summed E-state index contributed by atoms with van der Waals surface area (Å²) in [6.45, 7) is 8.20. The molecule has 4 rings (SSSR count). The van der Waals surface area contributed by atoms with Crippen molar-refractivity contribution < 1.29 is 23.1 Å². The topological polar surface area (TPSA) is 87.4 Å². The van der Waals surface area contributed by atoms with E-state index in [0.717, 1.165) is 6.07 Å². The molecule has 1 N–H and O–H groups in total. The molecule has 1 saturated heterocycles. The third-order valence-electron chi connectivity index (χ3n) is 8.11. The van der Waals surface area contributed by atoms with Gasteiger partial charge in [-0.25, -0.2) is 13.6 Å². The van der Waals surface area contributed by atoms with E-state index in [4.69, 9.17) is 27.9 Å². The molecule has 43 heavy (non-hydrogen) atoms. The van der Waals surface area contributed by atoms with Crippen LogP contribution in [0.1, 0.15) is 61.6 Å². The maximum absolute atomic E-state index is 15.9. The van der Waals surface area contributed by atoms with Crippen molar-refractivity contribution in [3.63, 3.8) is 0 Å². The third kappa shape index (κ3) is 5.88. The van der Waals surface area contributed by atoms with Crippen LogP contribution in [0.2, 0.25) is 10.0 Å². The third-order valence-corrected chi connectivity index (χ3v) is 8.64. The van der Waals surface area contributed by atoms with Gasteiger partial charge in [0.15, 0.2) is 0 Å². The highest BCUT2D eigenvalue weighted by Crippen LogP contribution is 2.56. The number of likely N-dealkylation sites (N-methyl/N-ethyl adjacent to an activating group) is 1. The molecule has 0 radical (unpaired) electrons. The molecule has 2 heterocycles. The van der Waals surface area contributed by atoms with Crippen LogP contribution in [0.25, 0.3) is 0 Å². The number of nitrogens with one attached hydrogen (secondary N) is 1. The Hall–Kier alpha value is -3.45. The van der Waals surface area contributed by atoms with Gasteiger partial charge in [-0.1, -0.05) is 62.2 Å². The van der Waals surface area contributed by atoms with Gasteiger partial charge in [0.1, 0.15) is 22.7 Å². The molecule has 11 heteroatoms. The van der Waals surface area contributed by atoms with Gasteiger partial charge in [0.25, 0.3) is 0 Å². The number of aryl methyl sites for hydroxylation is 1. The Morgan fingerprint density at radius 1 is 1.16 bits per heavy atom. The van der Waals surface area contributed by atoms with Crippen LogP contribution in [-0.2, 0) is 21.5 Å². The molecule has 1 amide bonds. The van der Waals surface area contributed by atoms with Gasteiger partial charge >= 0.3 is 5.97 Å². The van der Waals surface area contributed by atoms with Crippen LogP contribution in [0.3, 0.4) is 0 Å². The minimum Gasteiger partial charge on any atom is -0.464 e. The minimum atomic E-state index is -1.74. The summed E-state index contributed by atoms with van der Waals surface area (Å²) < 4.78 is 38.3. The van der Waals surface area contributed by atoms with Gasteiger partial charge in [0.05, 0.1) is 29.9 Å². The van der Waals surface area contributed by atoms with Gasteiger partial charge in [-0.15, -0.1) is 0 Å². The Morgan fingerprint density at radius 3 is 2.44 bits per heavy atom. The zero-order chi connectivity index (χ0) is 31.9. The first kappa shape index (κ1) is 32.5. The van der Waals surface area contributed by atoms with Crippen LogP contribution in [0.15, 0.2) is 48.7 Å². The molecular formula is C32H34Cl2F2N4O3. The summed E-state index contributed by atoms with van der Waals surface area (Å²) in [6.07, 6.45) is 1.96. The van der Waals surface area contributed by atoms with Crippen molar-refractivity contribution in [3.05, 3.63) is 87.2 Å². The molecule has 7 nitrogen and oxygen atoms in total. The van der Waals surface area contributed by atoms with Crippen molar-refractivity contribution in [2.75, 3.05) is 19.5 Å². The van der Waals surface area contributed by atoms with Crippen LogP contribution in [-0.4, -0.2) is 47.6 Å². The number of esters is 1. The average molecular weight is 632 g/mol. The number of hydrogen-bond donors (Lipinski definition) is 1. The number of nitrogens with zero attached hydrogens (tertiary/aromatic N) is 3. The predicted octanol–water partition coefficient (Wildman–Crippen LogP) is 7.18. The number of methoxy groups -OCH3 is 1. The number of rotatable bonds is 7. The van der Waals surface area contributed by atoms with Crippen molar-refractivity contribution in [1.29, 1.82) is 5.26 Å². The standard InChI is InChI=1S/C32H34Cl2F2N4O3/c1-7-40-16-19(14-24(40)30(42)43-6)38-29(41)28-26(20-9-8-10-22(34)27(20)36)32(17-37,21-12-11-18(33)13-23(21)35)25(39(28)5)15-31(2,3)4/h8-14,16,25-26,28H,7,15H2,1-6H3,(H,38,41)/t25-,26-,28+,32-/m0/s1. The average Bonchev–Trinajstić information content (AvgIpc) is 3.45. The Labute approximate surface area is 260 Å². The molecule has 0 saturated carbocycles. The quantitative estimate of drug-likeness (QED) is 0.279. The van der Waals surface area contributed by atoms with Gasteiger partial charge in [-0.2, -0.15) is 5.26 Å². The molecule has 1 aromatic heterocycles. The number of carbonyl (C=O) groups excluding carboxylic acids is 2. The fourth-order valence-corrected chi connectivity index (χ4v) is 6.65. The maximum atomic E-state index is 15.9. The lowest BCUT2D eigenvalue weighted by Gasteiger charge is -2.38. The Bertz CT molecular complexity index is 1600. The smallest absolute Gasteiger partial charge is 0.354 e. The number of nitriles is 1. The summed E-state index contributed by atoms with van der Waals surface area (Å²) in [5, 5.41) is 13.9. The monoisotopic (exact) mass is 630 g/mol. The fourth-order valence-electron chi connectivity index (χ4n) is 6.31. The largest absolute Gasteiger partial charge is 0.464 e. The Kier molecular flexibility index (Phi) is 9.27. The highest BCUT2D eigenvalue weighted by Gasteiger charge is 2.63. The number of hydrogen-bond acceptors (Lipinski definition) is 5. The minimum absolute atomic E-state index is 0.00490. The number of amides is 1. The van der Waals surface area contributed by atoms with E-state index in [9.17, 15) is 14.9 Å². The fraction of sp³-hybridized carbons (Fsp3) is 0.406. The van der Waals surface area contributed by atoms with E-state index in [1.54, 1.807) is 22.7 Å². The van der Waals surface area contributed by atoms with E-state index >= 15 is 8.78 Å². The molecule has 1 aliphatic heterocycles. The lowest BCUT2D eigenvalue weighted by Crippen LogP contribution is -2.45. The molecule has 0 aliphatic carbocycles. The summed E-state index contributed by atoms with van der Waals surface area (Å²) in [5.74, 6) is -3.88. The first-order chi connectivity index (χ1) is 20.2. The summed E-state index contributed by atoms with van der Waals surface area (Å²) >= 11 is 12.3. The second kappa shape index (κ2) is 12.3. The second-order valence-corrected chi connectivity index (χ2v) is 12.8. The number of carbonyl (C=O) groups is 2. The summed E-state index contributed by atoms with van der Waals surface area (Å²) in [5.41, 5.74) is -1.56. The van der Waals surface area contributed by atoms with Crippen molar-refractivity contribution in [1.82, 2.24) is 9.47 Å². The van der Waals surface area contributed by atoms with E-state index in [2.05, 4.69) is 11.4 Å². The van der Waals surface area contributed by atoms with Gasteiger partial charge in [-0.3, -0.25) is 9.69 Å². The molecule has 4 atom stereocenters. The maximum Gasteiger partial charge on any atom is 0.354 e. The highest BCUT2D eigenvalue weighted by molar-refractivity contribution is 6.31. The van der Waals surface area contributed by atoms with Gasteiger partial charge in [0, 0.05) is 35.3 Å². The zero-order valence-corrected chi connectivity index (χ0v) is 26.4. The lowest BCUT2D eigenvalue weighted by molar-refractivity contribution is -0.120. The molecular weight excluding hydrogens is 597 g/mol. The summed E-state index contributed by atoms with van der Waals surface area (Å²) in [7, 11) is 2.94. The van der Waals surface area contributed by atoms with E-state index in [1.807, 2.05) is 27.7 Å². The second-order valence-electron chi connectivity index (χ2n) is 12.0. The van der Waals surface area contributed by atoms with Crippen LogP contribution < -0.4 is 5.32 Å². The number of likely N-dealkylation sites (tertiary alicyclic amines) is 1. The van der Waals surface area contributed by atoms with Gasteiger partial charge < -0.3 is 14.6 Å². The number of benzene rings is 2. The first-order valence-corrected chi connectivity index (χ1v) is 14.6. The van der Waals surface area contributed by atoms with Crippen molar-refractivity contribution in [2.45, 2.75) is 64.1 Å². The highest BCUT2D eigenvalue weighted by atomic mass is 35.5. The predicted molar refractivity (Wildman–Crippen MR) is 162 cm³/mol. The van der Waals surface area contributed by atoms with Crippen LogP contribution in [0.4, 0.5) is 14.5 Å². The van der Waals surface area contributed by atoms with Crippen LogP contribution >= 0.6 is 23.2 Å². The van der Waals surface area contributed by atoms with Crippen LogP contribution in [0, 0.1) is 28.4 Å². The molecule has 1 aliphatic rings. The summed E-state index contributed by atoms with van der Waals surface area (Å²) in [4.78, 5) is 28.3. The first-order valence-electron chi connectivity index (χ1n) is 13.8. The molecule has 228 valence electrons. The molecule has 1 fully saturated rings. The number of anilines is 1. The van der Waals surface area contributed by atoms with E-state index in [1.165, 1.54) is 43.5 Å². The van der Waals surface area contributed by atoms with Gasteiger partial charge in [0.2, 0.25) is 5.91 Å². The lowest BCUT2D eigenvalue weighted by atomic mass is 9.62. The molecule has 0 bridgehead atoms. The Morgan fingerprint density at radius 2 is 1.86 bits per heavy atom. The van der Waals surface area contributed by atoms with Gasteiger partial charge in [-0.05, 0) is 55.6 Å². The number of aromatic nitrogens is 1. The number of ether oxygens (including phenoxy) is 1. The zero-order valence-electron chi connectivity index (χ0n) is 24.8. The molecule has 2 aromatic carbocycles.